The number of phenols is 1. The molecule has 46 heavy (non-hydrogen) atoms. The van der Waals surface area contributed by atoms with E-state index in [0.717, 1.165) is 49.7 Å². The topological polar surface area (TPSA) is 126 Å². The van der Waals surface area contributed by atoms with Crippen molar-refractivity contribution in [3.05, 3.63) is 105 Å². The van der Waals surface area contributed by atoms with Gasteiger partial charge in [0.1, 0.15) is 0 Å². The molecule has 0 saturated carbocycles. The van der Waals surface area contributed by atoms with Gasteiger partial charge in [-0.3, -0.25) is 14.4 Å². The number of phenolic OH excluding ortho intramolecular Hbond substituents is 1. The molecule has 4 aromatic rings. The average Bonchev–Trinajstić information content (AvgIpc) is 3.09. The first-order valence-corrected chi connectivity index (χ1v) is 15.9. The standard InChI is InChI=1S/C35H35ClN4O6/c36-24-13-11-23(12-14-24)21-27(37-33(43)31-22-30(42)26-8-6-10-29(41)32(26)46-31)35(45)40-19-17-38(18-20-40)28-9-3-2-7-25(28)34(44)39-15-4-1-5-16-39/h2-3,6-14,22,27H,1,4-5,15-21H2,(H2,37,41,43)/p+1/t27-/m1/s1. The molecule has 3 aromatic carbocycles. The molecule has 2 saturated heterocycles. The van der Waals surface area contributed by atoms with Crippen molar-refractivity contribution in [2.75, 3.05) is 44.2 Å². The molecule has 0 aliphatic carbocycles. The van der Waals surface area contributed by atoms with Gasteiger partial charge in [-0.25, -0.2) is 0 Å². The molecule has 1 aromatic heterocycles. The van der Waals surface area contributed by atoms with Crippen LogP contribution in [-0.2, 0) is 6.42 Å². The second-order valence-corrected chi connectivity index (χ2v) is 12.1. The number of aliphatic hydroxyl groups excluding tert-OH is 1. The van der Waals surface area contributed by atoms with Gasteiger partial charge in [0.25, 0.3) is 11.8 Å². The van der Waals surface area contributed by atoms with Crippen molar-refractivity contribution in [1.29, 1.82) is 0 Å². The third kappa shape index (κ3) is 6.72. The molecule has 2 amide bonds. The molecule has 238 valence electrons. The summed E-state index contributed by atoms with van der Waals surface area (Å²) in [5.41, 5.74) is 1.82. The van der Waals surface area contributed by atoms with Gasteiger partial charge < -0.3 is 29.7 Å². The molecule has 1 atom stereocenters. The number of aromatic hydroxyl groups is 1. The van der Waals surface area contributed by atoms with Crippen molar-refractivity contribution in [1.82, 2.24) is 10.2 Å². The van der Waals surface area contributed by atoms with Crippen molar-refractivity contribution >= 4 is 46.0 Å². The maximum Gasteiger partial charge on any atom is 0.357 e. The first kappa shape index (κ1) is 31.2. The molecule has 0 spiro atoms. The second-order valence-electron chi connectivity index (χ2n) is 11.7. The highest BCUT2D eigenvalue weighted by Crippen LogP contribution is 2.25. The second kappa shape index (κ2) is 13.7. The van der Waals surface area contributed by atoms with Crippen molar-refractivity contribution in [2.24, 2.45) is 0 Å². The van der Waals surface area contributed by atoms with Gasteiger partial charge in [0, 0.05) is 36.3 Å². The zero-order valence-electron chi connectivity index (χ0n) is 25.3. The van der Waals surface area contributed by atoms with Crippen LogP contribution < -0.4 is 15.6 Å². The van der Waals surface area contributed by atoms with Crippen LogP contribution in [0.15, 0.2) is 82.0 Å². The van der Waals surface area contributed by atoms with E-state index in [0.29, 0.717) is 36.8 Å². The van der Waals surface area contributed by atoms with Crippen molar-refractivity contribution in [3.8, 4) is 5.75 Å². The fourth-order valence-electron chi connectivity index (χ4n) is 6.16. The van der Waals surface area contributed by atoms with Crippen LogP contribution in [0.5, 0.6) is 5.75 Å². The van der Waals surface area contributed by atoms with Gasteiger partial charge in [0.15, 0.2) is 41.7 Å². The number of benzene rings is 3. The maximum absolute atomic E-state index is 13.4. The Kier molecular flexibility index (Phi) is 9.25. The number of para-hydroxylation sites is 2. The number of hydrogen-bond donors (Lipinski definition) is 3. The number of nitrogens with zero attached hydrogens (tertiary/aromatic N) is 3. The quantitative estimate of drug-likeness (QED) is 0.198. The summed E-state index contributed by atoms with van der Waals surface area (Å²) in [7, 11) is 0. The zero-order valence-corrected chi connectivity index (χ0v) is 26.1. The van der Waals surface area contributed by atoms with E-state index < -0.39 is 17.4 Å². The van der Waals surface area contributed by atoms with Crippen LogP contribution in [0.1, 0.15) is 45.7 Å². The largest absolute Gasteiger partial charge is 0.504 e. The van der Waals surface area contributed by atoms with Gasteiger partial charge in [0.05, 0.1) is 24.0 Å². The number of carbonyl (C=O) groups is 2. The number of halogens is 1. The van der Waals surface area contributed by atoms with Gasteiger partial charge in [-0.1, -0.05) is 41.9 Å². The molecule has 0 unspecified atom stereocenters. The minimum absolute atomic E-state index is 0.0355. The van der Waals surface area contributed by atoms with Crippen LogP contribution in [-0.4, -0.2) is 82.7 Å². The lowest BCUT2D eigenvalue weighted by atomic mass is 10.0. The molecule has 0 bridgehead atoms. The van der Waals surface area contributed by atoms with Crippen LogP contribution in [0.3, 0.4) is 0 Å². The minimum atomic E-state index is -0.862. The predicted octanol–water partition coefficient (Wildman–Crippen LogP) is 4.61. The zero-order chi connectivity index (χ0) is 32.2. The van der Waals surface area contributed by atoms with Crippen LogP contribution >= 0.6 is 11.6 Å². The number of carbonyl (C=O) groups excluding carboxylic acids is 2. The molecule has 3 heterocycles. The number of anilines is 1. The van der Waals surface area contributed by atoms with Gasteiger partial charge in [-0.2, -0.15) is 4.58 Å². The average molecular weight is 644 g/mol. The summed E-state index contributed by atoms with van der Waals surface area (Å²) >= 11 is 6.09. The molecular weight excluding hydrogens is 608 g/mol. The highest BCUT2D eigenvalue weighted by atomic mass is 35.5. The van der Waals surface area contributed by atoms with Gasteiger partial charge in [0.2, 0.25) is 0 Å². The Morgan fingerprint density at radius 2 is 1.65 bits per heavy atom. The first-order chi connectivity index (χ1) is 22.3. The molecule has 2 fully saturated rings. The summed E-state index contributed by atoms with van der Waals surface area (Å²) in [5.74, 6) is -1.24. The summed E-state index contributed by atoms with van der Waals surface area (Å²) in [6.07, 6.45) is 3.42. The number of piperidine rings is 1. The molecule has 11 heteroatoms. The minimum Gasteiger partial charge on any atom is -0.504 e. The lowest BCUT2D eigenvalue weighted by molar-refractivity contribution is -0.538. The lowest BCUT2D eigenvalue weighted by Gasteiger charge is -2.32. The number of aliphatic hydroxyl groups is 1. The lowest BCUT2D eigenvalue weighted by Crippen LogP contribution is -2.51. The van der Waals surface area contributed by atoms with E-state index in [2.05, 4.69) is 10.2 Å². The van der Waals surface area contributed by atoms with Gasteiger partial charge in [-0.15, -0.1) is 0 Å². The molecule has 2 aliphatic rings. The van der Waals surface area contributed by atoms with E-state index in [1.165, 1.54) is 18.2 Å². The number of amides is 2. The van der Waals surface area contributed by atoms with Crippen LogP contribution in [0.25, 0.3) is 11.0 Å². The number of nitrogens with one attached hydrogen (secondary N) is 1. The van der Waals surface area contributed by atoms with E-state index >= 15 is 0 Å². The Morgan fingerprint density at radius 1 is 0.935 bits per heavy atom. The Hall–Kier alpha value is -4.83. The van der Waals surface area contributed by atoms with E-state index in [1.54, 1.807) is 12.1 Å². The van der Waals surface area contributed by atoms with Crippen molar-refractivity contribution < 1.29 is 28.8 Å². The number of fused-ring (bicyclic) bond motifs is 1. The molecular formula is C35H36ClN4O6+. The SMILES string of the molecule is O=C(N[C@H](Cc1ccc(Cl)cc1)C(O)=[N+]1CCN(c2ccccc2C(=O)N2CCCCC2)CC1)c1cc(=O)c2cccc(O)c2o1. The maximum atomic E-state index is 13.4. The molecule has 3 N–H and O–H groups in total. The van der Waals surface area contributed by atoms with E-state index in [-0.39, 0.29) is 40.7 Å². The number of hydrogen-bond acceptors (Lipinski definition) is 6. The molecule has 2 aliphatic heterocycles. The van der Waals surface area contributed by atoms with E-state index in [9.17, 15) is 24.6 Å². The third-order valence-electron chi connectivity index (χ3n) is 8.65. The van der Waals surface area contributed by atoms with Crippen molar-refractivity contribution in [2.45, 2.75) is 31.7 Å². The predicted molar refractivity (Wildman–Crippen MR) is 177 cm³/mol. The number of piperazine rings is 1. The highest BCUT2D eigenvalue weighted by molar-refractivity contribution is 6.30. The van der Waals surface area contributed by atoms with Gasteiger partial charge >= 0.3 is 5.90 Å². The number of likely N-dealkylation sites (tertiary alicyclic amines) is 1. The van der Waals surface area contributed by atoms with Crippen LogP contribution in [0.4, 0.5) is 5.69 Å². The summed E-state index contributed by atoms with van der Waals surface area (Å²) in [6, 6.07) is 19.4. The van der Waals surface area contributed by atoms with Crippen molar-refractivity contribution in [3.63, 3.8) is 0 Å². The van der Waals surface area contributed by atoms with Crippen LogP contribution in [0, 0.1) is 0 Å². The summed E-state index contributed by atoms with van der Waals surface area (Å²) in [6.45, 7) is 3.54. The Labute approximate surface area is 271 Å². The highest BCUT2D eigenvalue weighted by Gasteiger charge is 2.32. The molecule has 6 rings (SSSR count). The normalized spacial score (nSPS) is 15.9. The monoisotopic (exact) mass is 643 g/mol. The number of rotatable bonds is 7. The smallest absolute Gasteiger partial charge is 0.357 e. The summed E-state index contributed by atoms with van der Waals surface area (Å²) in [5, 5.41) is 25.3. The fraction of sp³-hybridized carbons (Fsp3) is 0.314. The Morgan fingerprint density at radius 3 is 2.39 bits per heavy atom. The summed E-state index contributed by atoms with van der Waals surface area (Å²) in [4.78, 5) is 43.6. The van der Waals surface area contributed by atoms with E-state index in [4.69, 9.17) is 16.0 Å². The molecule has 10 nitrogen and oxygen atoms in total. The summed E-state index contributed by atoms with van der Waals surface area (Å²) < 4.78 is 7.46. The van der Waals surface area contributed by atoms with Gasteiger partial charge in [-0.05, 0) is 61.2 Å². The third-order valence-corrected chi connectivity index (χ3v) is 8.90. The fourth-order valence-corrected chi connectivity index (χ4v) is 6.29. The molecule has 0 radical (unpaired) electrons. The van der Waals surface area contributed by atoms with Crippen LogP contribution in [0.2, 0.25) is 5.02 Å². The first-order valence-electron chi connectivity index (χ1n) is 15.5. The Bertz CT molecular complexity index is 1840. The Balaban J connectivity index is 1.23. The van der Waals surface area contributed by atoms with E-state index in [1.807, 2.05) is 45.9 Å².